The second-order valence-corrected chi connectivity index (χ2v) is 8.06. The van der Waals surface area contributed by atoms with Crippen molar-refractivity contribution in [1.82, 2.24) is 4.90 Å². The minimum absolute atomic E-state index is 0.0202. The molecule has 3 nitrogen and oxygen atoms in total. The Hall–Kier alpha value is -0.570. The lowest BCUT2D eigenvalue weighted by atomic mass is 9.69. The standard InChI is InChI=1S/C18H35NO2/c1-8-14-12-15(14)18(5,13-17(3,4)9-2)16(20)21-11-10-19(6)7/h14-15H,8-13H2,1-7H3. The molecule has 3 unspecified atom stereocenters. The van der Waals surface area contributed by atoms with E-state index in [-0.39, 0.29) is 16.8 Å². The first-order chi connectivity index (χ1) is 9.66. The minimum atomic E-state index is -0.313. The maximum atomic E-state index is 12.7. The number of nitrogens with zero attached hydrogens (tertiary/aromatic N) is 1. The Labute approximate surface area is 131 Å². The van der Waals surface area contributed by atoms with Crippen molar-refractivity contribution in [1.29, 1.82) is 0 Å². The average Bonchev–Trinajstić information content (AvgIpc) is 3.17. The Kier molecular flexibility index (Phi) is 6.27. The molecule has 0 bridgehead atoms. The largest absolute Gasteiger partial charge is 0.464 e. The summed E-state index contributed by atoms with van der Waals surface area (Å²) in [6, 6.07) is 0. The van der Waals surface area contributed by atoms with Gasteiger partial charge in [-0.25, -0.2) is 0 Å². The molecule has 0 aromatic carbocycles. The van der Waals surface area contributed by atoms with Crippen LogP contribution in [-0.2, 0) is 9.53 Å². The van der Waals surface area contributed by atoms with Gasteiger partial charge in [0.2, 0.25) is 0 Å². The first kappa shape index (κ1) is 18.5. The molecule has 0 N–H and O–H groups in total. The number of esters is 1. The average molecular weight is 297 g/mol. The third kappa shape index (κ3) is 4.98. The third-order valence-electron chi connectivity index (χ3n) is 5.31. The van der Waals surface area contributed by atoms with Crippen molar-refractivity contribution in [3.8, 4) is 0 Å². The van der Waals surface area contributed by atoms with Crippen LogP contribution in [0, 0.1) is 22.7 Å². The van der Waals surface area contributed by atoms with Gasteiger partial charge < -0.3 is 9.64 Å². The SMILES string of the molecule is CCC1CC1C(C)(CC(C)(C)CC)C(=O)OCCN(C)C. The van der Waals surface area contributed by atoms with Gasteiger partial charge in [-0.05, 0) is 51.1 Å². The maximum absolute atomic E-state index is 12.7. The molecule has 1 saturated carbocycles. The zero-order valence-electron chi connectivity index (χ0n) is 15.2. The van der Waals surface area contributed by atoms with Gasteiger partial charge in [-0.2, -0.15) is 0 Å². The van der Waals surface area contributed by atoms with E-state index in [9.17, 15) is 4.79 Å². The van der Waals surface area contributed by atoms with Crippen LogP contribution in [0.1, 0.15) is 60.3 Å². The summed E-state index contributed by atoms with van der Waals surface area (Å²) in [7, 11) is 4.00. The van der Waals surface area contributed by atoms with E-state index in [1.807, 2.05) is 19.0 Å². The lowest BCUT2D eigenvalue weighted by molar-refractivity contribution is -0.159. The van der Waals surface area contributed by atoms with Crippen LogP contribution >= 0.6 is 0 Å². The molecule has 0 aliphatic heterocycles. The van der Waals surface area contributed by atoms with Gasteiger partial charge in [-0.15, -0.1) is 0 Å². The van der Waals surface area contributed by atoms with E-state index in [0.29, 0.717) is 18.4 Å². The molecule has 124 valence electrons. The van der Waals surface area contributed by atoms with Crippen LogP contribution in [0.5, 0.6) is 0 Å². The van der Waals surface area contributed by atoms with Crippen molar-refractivity contribution < 1.29 is 9.53 Å². The van der Waals surface area contributed by atoms with E-state index in [2.05, 4.69) is 34.6 Å². The van der Waals surface area contributed by atoms with Crippen molar-refractivity contribution in [2.45, 2.75) is 60.3 Å². The summed E-state index contributed by atoms with van der Waals surface area (Å²) in [6.45, 7) is 12.4. The van der Waals surface area contributed by atoms with Gasteiger partial charge in [0.1, 0.15) is 6.61 Å². The highest BCUT2D eigenvalue weighted by Gasteiger charge is 2.55. The minimum Gasteiger partial charge on any atom is -0.464 e. The summed E-state index contributed by atoms with van der Waals surface area (Å²) in [5.41, 5.74) is -0.122. The lowest BCUT2D eigenvalue weighted by Crippen LogP contribution is -2.38. The molecule has 3 atom stereocenters. The van der Waals surface area contributed by atoms with Crippen molar-refractivity contribution in [3.05, 3.63) is 0 Å². The first-order valence-electron chi connectivity index (χ1n) is 8.48. The second-order valence-electron chi connectivity index (χ2n) is 8.06. The predicted octanol–water partition coefficient (Wildman–Crippen LogP) is 3.97. The number of rotatable bonds is 9. The molecule has 3 heteroatoms. The molecule has 0 saturated heterocycles. The van der Waals surface area contributed by atoms with Crippen LogP contribution in [-0.4, -0.2) is 38.1 Å². The zero-order chi connectivity index (χ0) is 16.3. The predicted molar refractivity (Wildman–Crippen MR) is 88.2 cm³/mol. The smallest absolute Gasteiger partial charge is 0.312 e. The Morgan fingerprint density at radius 3 is 2.29 bits per heavy atom. The Balaban J connectivity index is 2.75. The summed E-state index contributed by atoms with van der Waals surface area (Å²) in [4.78, 5) is 14.8. The highest BCUT2D eigenvalue weighted by molar-refractivity contribution is 5.77. The Bertz CT molecular complexity index is 351. The maximum Gasteiger partial charge on any atom is 0.312 e. The monoisotopic (exact) mass is 297 g/mol. The number of hydrogen-bond donors (Lipinski definition) is 0. The molecule has 0 aromatic rings. The third-order valence-corrected chi connectivity index (χ3v) is 5.31. The van der Waals surface area contributed by atoms with E-state index < -0.39 is 0 Å². The summed E-state index contributed by atoms with van der Waals surface area (Å²) in [5, 5.41) is 0. The molecule has 1 rings (SSSR count). The molecule has 0 aromatic heterocycles. The molecular weight excluding hydrogens is 262 g/mol. The van der Waals surface area contributed by atoms with Crippen molar-refractivity contribution in [3.63, 3.8) is 0 Å². The van der Waals surface area contributed by atoms with Crippen molar-refractivity contribution in [2.75, 3.05) is 27.2 Å². The van der Waals surface area contributed by atoms with Gasteiger partial charge in [0.05, 0.1) is 5.41 Å². The van der Waals surface area contributed by atoms with Crippen LogP contribution in [0.25, 0.3) is 0 Å². The van der Waals surface area contributed by atoms with E-state index in [1.54, 1.807) is 0 Å². The molecule has 1 aliphatic rings. The Morgan fingerprint density at radius 1 is 1.24 bits per heavy atom. The zero-order valence-corrected chi connectivity index (χ0v) is 15.2. The molecule has 1 fully saturated rings. The molecule has 0 spiro atoms. The summed E-state index contributed by atoms with van der Waals surface area (Å²) < 4.78 is 5.62. The van der Waals surface area contributed by atoms with E-state index in [0.717, 1.165) is 19.4 Å². The van der Waals surface area contributed by atoms with Gasteiger partial charge in [-0.3, -0.25) is 4.79 Å². The van der Waals surface area contributed by atoms with Crippen LogP contribution < -0.4 is 0 Å². The van der Waals surface area contributed by atoms with Gasteiger partial charge in [-0.1, -0.05) is 40.5 Å². The first-order valence-corrected chi connectivity index (χ1v) is 8.48. The van der Waals surface area contributed by atoms with Crippen molar-refractivity contribution in [2.24, 2.45) is 22.7 Å². The topological polar surface area (TPSA) is 29.5 Å². The van der Waals surface area contributed by atoms with Crippen LogP contribution in [0.4, 0.5) is 0 Å². The highest BCUT2D eigenvalue weighted by Crippen LogP contribution is 2.57. The summed E-state index contributed by atoms with van der Waals surface area (Å²) in [6.07, 6.45) is 4.39. The second kappa shape index (κ2) is 7.13. The lowest BCUT2D eigenvalue weighted by Gasteiger charge is -2.36. The van der Waals surface area contributed by atoms with Gasteiger partial charge in [0, 0.05) is 6.54 Å². The fourth-order valence-corrected chi connectivity index (χ4v) is 3.44. The quantitative estimate of drug-likeness (QED) is 0.603. The van der Waals surface area contributed by atoms with Gasteiger partial charge in [0.25, 0.3) is 0 Å². The molecular formula is C18H35NO2. The van der Waals surface area contributed by atoms with E-state index >= 15 is 0 Å². The van der Waals surface area contributed by atoms with Gasteiger partial charge in [0.15, 0.2) is 0 Å². The van der Waals surface area contributed by atoms with E-state index in [4.69, 9.17) is 4.74 Å². The fourth-order valence-electron chi connectivity index (χ4n) is 3.44. The molecule has 0 amide bonds. The summed E-state index contributed by atoms with van der Waals surface area (Å²) >= 11 is 0. The van der Waals surface area contributed by atoms with Crippen LogP contribution in [0.15, 0.2) is 0 Å². The number of likely N-dealkylation sites (N-methyl/N-ethyl adjacent to an activating group) is 1. The van der Waals surface area contributed by atoms with Crippen LogP contribution in [0.2, 0.25) is 0 Å². The number of carbonyl (C=O) groups excluding carboxylic acids is 1. The van der Waals surface area contributed by atoms with Crippen molar-refractivity contribution >= 4 is 5.97 Å². The molecule has 0 heterocycles. The number of carbonyl (C=O) groups is 1. The molecule has 21 heavy (non-hydrogen) atoms. The Morgan fingerprint density at radius 2 is 1.86 bits per heavy atom. The number of hydrogen-bond acceptors (Lipinski definition) is 3. The van der Waals surface area contributed by atoms with Crippen LogP contribution in [0.3, 0.4) is 0 Å². The fraction of sp³-hybridized carbons (Fsp3) is 0.944. The molecule has 1 aliphatic carbocycles. The number of ether oxygens (including phenoxy) is 1. The molecule has 0 radical (unpaired) electrons. The van der Waals surface area contributed by atoms with E-state index in [1.165, 1.54) is 12.8 Å². The summed E-state index contributed by atoms with van der Waals surface area (Å²) in [5.74, 6) is 1.25. The van der Waals surface area contributed by atoms with Gasteiger partial charge >= 0.3 is 5.97 Å². The normalized spacial score (nSPS) is 24.8. The highest BCUT2D eigenvalue weighted by atomic mass is 16.5.